The predicted octanol–water partition coefficient (Wildman–Crippen LogP) is 4.34. The molecular weight excluding hydrogens is 386 g/mol. The molecule has 0 aliphatic carbocycles. The van der Waals surface area contributed by atoms with E-state index in [9.17, 15) is 14.4 Å². The maximum absolute atomic E-state index is 12.5. The summed E-state index contributed by atoms with van der Waals surface area (Å²) in [6, 6.07) is 9.51. The number of carboxylic acid groups (broad SMARTS) is 1. The molecule has 0 unspecified atom stereocenters. The van der Waals surface area contributed by atoms with E-state index in [0.29, 0.717) is 22.4 Å². The quantitative estimate of drug-likeness (QED) is 0.489. The number of benzene rings is 2. The van der Waals surface area contributed by atoms with Gasteiger partial charge in [0.25, 0.3) is 0 Å². The summed E-state index contributed by atoms with van der Waals surface area (Å²) in [7, 11) is 0. The lowest BCUT2D eigenvalue weighted by Gasteiger charge is -2.09. The van der Waals surface area contributed by atoms with Crippen molar-refractivity contribution >= 4 is 39.5 Å². The predicted molar refractivity (Wildman–Crippen MR) is 112 cm³/mol. The van der Waals surface area contributed by atoms with Crippen molar-refractivity contribution in [1.29, 1.82) is 0 Å². The fraction of sp³-hybridized carbons (Fsp3) is 0.174. The molecule has 0 bridgehead atoms. The van der Waals surface area contributed by atoms with E-state index in [1.807, 2.05) is 19.9 Å². The fourth-order valence-electron chi connectivity index (χ4n) is 3.52. The number of hydrogen-bond acceptors (Lipinski definition) is 5. The van der Waals surface area contributed by atoms with Gasteiger partial charge in [0.05, 0.1) is 17.5 Å². The lowest BCUT2D eigenvalue weighted by molar-refractivity contribution is -0.115. The van der Waals surface area contributed by atoms with E-state index < -0.39 is 17.5 Å². The van der Waals surface area contributed by atoms with Gasteiger partial charge in [-0.15, -0.1) is 0 Å². The molecule has 2 heterocycles. The van der Waals surface area contributed by atoms with E-state index in [4.69, 9.17) is 13.9 Å². The van der Waals surface area contributed by atoms with Crippen molar-refractivity contribution < 1.29 is 23.5 Å². The zero-order chi connectivity index (χ0) is 21.6. The SMILES string of the molecule is Cc1oc2cc3oc(=O)c(CC(=O)Nc4cccc(C(=O)O)c4)c(C)c3cc2c1C. The summed E-state index contributed by atoms with van der Waals surface area (Å²) >= 11 is 0. The molecule has 152 valence electrons. The first kappa shape index (κ1) is 19.4. The molecule has 30 heavy (non-hydrogen) atoms. The van der Waals surface area contributed by atoms with E-state index in [-0.39, 0.29) is 17.5 Å². The molecule has 7 heteroatoms. The summed E-state index contributed by atoms with van der Waals surface area (Å²) in [4.78, 5) is 36.1. The number of rotatable bonds is 4. The summed E-state index contributed by atoms with van der Waals surface area (Å²) in [5.41, 5.74) is 2.78. The Kier molecular flexibility index (Phi) is 4.66. The van der Waals surface area contributed by atoms with Crippen LogP contribution in [-0.4, -0.2) is 17.0 Å². The van der Waals surface area contributed by atoms with Crippen LogP contribution in [0.3, 0.4) is 0 Å². The number of anilines is 1. The second kappa shape index (κ2) is 7.18. The van der Waals surface area contributed by atoms with Crippen LogP contribution < -0.4 is 10.9 Å². The van der Waals surface area contributed by atoms with E-state index in [1.54, 1.807) is 19.1 Å². The highest BCUT2D eigenvalue weighted by molar-refractivity contribution is 5.98. The van der Waals surface area contributed by atoms with E-state index in [0.717, 1.165) is 22.1 Å². The third-order valence-electron chi connectivity index (χ3n) is 5.31. The van der Waals surface area contributed by atoms with Crippen LogP contribution in [0.25, 0.3) is 21.9 Å². The molecule has 0 aliphatic heterocycles. The van der Waals surface area contributed by atoms with Gasteiger partial charge in [0, 0.05) is 22.5 Å². The summed E-state index contributed by atoms with van der Waals surface area (Å²) in [5, 5.41) is 13.4. The molecule has 0 spiro atoms. The van der Waals surface area contributed by atoms with Gasteiger partial charge in [-0.05, 0) is 56.2 Å². The number of aryl methyl sites for hydroxylation is 3. The summed E-state index contributed by atoms with van der Waals surface area (Å²) < 4.78 is 11.2. The number of nitrogens with one attached hydrogen (secondary N) is 1. The van der Waals surface area contributed by atoms with Gasteiger partial charge in [0.2, 0.25) is 5.91 Å². The molecule has 4 rings (SSSR count). The van der Waals surface area contributed by atoms with Crippen molar-refractivity contribution in [2.75, 3.05) is 5.32 Å². The Morgan fingerprint density at radius 3 is 2.40 bits per heavy atom. The van der Waals surface area contributed by atoms with Crippen LogP contribution in [-0.2, 0) is 11.2 Å². The highest BCUT2D eigenvalue weighted by Crippen LogP contribution is 2.31. The summed E-state index contributed by atoms with van der Waals surface area (Å²) in [6.45, 7) is 5.61. The Labute approximate surface area is 170 Å². The number of fused-ring (bicyclic) bond motifs is 2. The van der Waals surface area contributed by atoms with Crippen LogP contribution in [0.1, 0.15) is 32.8 Å². The van der Waals surface area contributed by atoms with Gasteiger partial charge in [0.1, 0.15) is 16.9 Å². The van der Waals surface area contributed by atoms with E-state index in [2.05, 4.69) is 5.32 Å². The molecule has 0 aliphatic rings. The molecule has 1 amide bonds. The Morgan fingerprint density at radius 2 is 1.67 bits per heavy atom. The molecule has 0 saturated heterocycles. The van der Waals surface area contributed by atoms with Crippen LogP contribution in [0.5, 0.6) is 0 Å². The minimum absolute atomic E-state index is 0.0593. The van der Waals surface area contributed by atoms with Crippen LogP contribution in [0.15, 0.2) is 50.0 Å². The molecule has 2 aromatic carbocycles. The maximum Gasteiger partial charge on any atom is 0.340 e. The lowest BCUT2D eigenvalue weighted by atomic mass is 10.0. The number of furan rings is 1. The van der Waals surface area contributed by atoms with Crippen LogP contribution in [0, 0.1) is 20.8 Å². The number of hydrogen-bond donors (Lipinski definition) is 2. The first-order valence-corrected chi connectivity index (χ1v) is 9.34. The maximum atomic E-state index is 12.5. The first-order valence-electron chi connectivity index (χ1n) is 9.34. The molecular formula is C23H19NO6. The smallest absolute Gasteiger partial charge is 0.340 e. The van der Waals surface area contributed by atoms with Crippen molar-refractivity contribution in [1.82, 2.24) is 0 Å². The fourth-order valence-corrected chi connectivity index (χ4v) is 3.52. The summed E-state index contributed by atoms with van der Waals surface area (Å²) in [5.74, 6) is -0.736. The van der Waals surface area contributed by atoms with Crippen LogP contribution in [0.4, 0.5) is 5.69 Å². The van der Waals surface area contributed by atoms with Crippen molar-refractivity contribution in [3.63, 3.8) is 0 Å². The van der Waals surface area contributed by atoms with Crippen molar-refractivity contribution in [2.45, 2.75) is 27.2 Å². The van der Waals surface area contributed by atoms with Gasteiger partial charge < -0.3 is 19.3 Å². The van der Waals surface area contributed by atoms with E-state index in [1.165, 1.54) is 18.2 Å². The van der Waals surface area contributed by atoms with E-state index >= 15 is 0 Å². The number of carboxylic acids is 1. The Balaban J connectivity index is 1.70. The third-order valence-corrected chi connectivity index (χ3v) is 5.31. The standard InChI is InChI=1S/C23H19NO6/c1-11-13(3)29-19-10-20-17(8-16(11)19)12(2)18(23(28)30-20)9-21(25)24-15-6-4-5-14(7-15)22(26)27/h4-8,10H,9H2,1-3H3,(H,24,25)(H,26,27). The zero-order valence-electron chi connectivity index (χ0n) is 16.7. The molecule has 0 fully saturated rings. The Bertz CT molecular complexity index is 1390. The minimum Gasteiger partial charge on any atom is -0.478 e. The number of amides is 1. The number of carbonyl (C=O) groups excluding carboxylic acids is 1. The molecule has 4 aromatic rings. The topological polar surface area (TPSA) is 110 Å². The van der Waals surface area contributed by atoms with Crippen molar-refractivity contribution in [3.8, 4) is 0 Å². The minimum atomic E-state index is -1.09. The number of carbonyl (C=O) groups is 2. The molecule has 7 nitrogen and oxygen atoms in total. The van der Waals surface area contributed by atoms with Gasteiger partial charge in [-0.1, -0.05) is 6.07 Å². The van der Waals surface area contributed by atoms with Crippen molar-refractivity contribution in [3.05, 3.63) is 74.8 Å². The highest BCUT2D eigenvalue weighted by Gasteiger charge is 2.18. The highest BCUT2D eigenvalue weighted by atomic mass is 16.4. The zero-order valence-corrected chi connectivity index (χ0v) is 16.7. The Morgan fingerprint density at radius 1 is 0.967 bits per heavy atom. The number of aromatic carboxylic acids is 1. The second-order valence-electron chi connectivity index (χ2n) is 7.23. The molecule has 0 radical (unpaired) electrons. The van der Waals surface area contributed by atoms with Crippen LogP contribution >= 0.6 is 0 Å². The average Bonchev–Trinajstić information content (AvgIpc) is 2.97. The second-order valence-corrected chi connectivity index (χ2v) is 7.23. The Hall–Kier alpha value is -3.87. The van der Waals surface area contributed by atoms with Gasteiger partial charge in [-0.2, -0.15) is 0 Å². The third kappa shape index (κ3) is 3.34. The molecule has 0 saturated carbocycles. The monoisotopic (exact) mass is 405 g/mol. The molecule has 2 aromatic heterocycles. The lowest BCUT2D eigenvalue weighted by Crippen LogP contribution is -2.20. The normalized spacial score (nSPS) is 11.2. The van der Waals surface area contributed by atoms with Gasteiger partial charge in [-0.3, -0.25) is 4.79 Å². The van der Waals surface area contributed by atoms with Gasteiger partial charge >= 0.3 is 11.6 Å². The molecule has 0 atom stereocenters. The average molecular weight is 405 g/mol. The van der Waals surface area contributed by atoms with Crippen molar-refractivity contribution in [2.24, 2.45) is 0 Å². The largest absolute Gasteiger partial charge is 0.478 e. The summed E-state index contributed by atoms with van der Waals surface area (Å²) in [6.07, 6.45) is -0.192. The van der Waals surface area contributed by atoms with Gasteiger partial charge in [0.15, 0.2) is 0 Å². The first-order chi connectivity index (χ1) is 14.2. The molecule has 2 N–H and O–H groups in total. The van der Waals surface area contributed by atoms with Gasteiger partial charge in [-0.25, -0.2) is 9.59 Å². The van der Waals surface area contributed by atoms with Crippen LogP contribution in [0.2, 0.25) is 0 Å².